The van der Waals surface area contributed by atoms with Crippen LogP contribution in [0.15, 0.2) is 194 Å². The molecule has 0 atom stereocenters. The Labute approximate surface area is 312 Å². The lowest BCUT2D eigenvalue weighted by Gasteiger charge is -2.13. The van der Waals surface area contributed by atoms with Crippen molar-refractivity contribution >= 4 is 54.4 Å². The fraction of sp³-hybridized carbons (Fsp3) is 0. The maximum absolute atomic E-state index is 2.42. The average Bonchev–Trinajstić information content (AvgIpc) is 3.88. The number of nitrogens with zero attached hydrogens (tertiary/aromatic N) is 2. The van der Waals surface area contributed by atoms with Gasteiger partial charge in [-0.2, -0.15) is 0 Å². The molecule has 0 radical (unpaired) electrons. The lowest BCUT2D eigenvalue weighted by Crippen LogP contribution is -1.96. The first-order chi connectivity index (χ1) is 26.8. The summed E-state index contributed by atoms with van der Waals surface area (Å²) in [5.41, 5.74) is 17.4. The Hall–Kier alpha value is -7.16. The van der Waals surface area contributed by atoms with E-state index in [0.29, 0.717) is 0 Å². The summed E-state index contributed by atoms with van der Waals surface area (Å²) in [5.74, 6) is 0. The molecule has 54 heavy (non-hydrogen) atoms. The van der Waals surface area contributed by atoms with Crippen molar-refractivity contribution in [1.29, 1.82) is 0 Å². The van der Waals surface area contributed by atoms with Gasteiger partial charge in [0.1, 0.15) is 0 Å². The van der Waals surface area contributed by atoms with Crippen molar-refractivity contribution < 1.29 is 0 Å². The summed E-state index contributed by atoms with van der Waals surface area (Å²) in [6, 6.07) is 71.4. The molecule has 0 spiro atoms. The largest absolute Gasteiger partial charge is 0.309 e. The minimum absolute atomic E-state index is 1.15. The van der Waals surface area contributed by atoms with Gasteiger partial charge < -0.3 is 9.13 Å². The summed E-state index contributed by atoms with van der Waals surface area (Å²) in [6.45, 7) is 0. The first-order valence-electron chi connectivity index (χ1n) is 18.7. The number of benzene rings is 9. The van der Waals surface area contributed by atoms with Gasteiger partial charge in [-0.25, -0.2) is 0 Å². The van der Waals surface area contributed by atoms with E-state index in [0.717, 1.165) is 5.69 Å². The molecular weight excluding hydrogens is 653 g/mol. The Bertz CT molecular complexity index is 3240. The number of hydrogen-bond donors (Lipinski definition) is 0. The highest BCUT2D eigenvalue weighted by Crippen LogP contribution is 2.49. The normalized spacial score (nSPS) is 12.1. The maximum Gasteiger partial charge on any atom is 0.0542 e. The van der Waals surface area contributed by atoms with Crippen LogP contribution >= 0.6 is 0 Å². The van der Waals surface area contributed by atoms with Gasteiger partial charge in [0.25, 0.3) is 0 Å². The van der Waals surface area contributed by atoms with Gasteiger partial charge >= 0.3 is 0 Å². The molecule has 0 saturated carbocycles. The highest BCUT2D eigenvalue weighted by molar-refractivity contribution is 6.19. The molecule has 1 aliphatic rings. The van der Waals surface area contributed by atoms with Gasteiger partial charge in [0.05, 0.1) is 22.1 Å². The average molecular weight is 685 g/mol. The van der Waals surface area contributed by atoms with Crippen molar-refractivity contribution in [3.05, 3.63) is 194 Å². The molecule has 12 rings (SSSR count). The van der Waals surface area contributed by atoms with Crippen molar-refractivity contribution in [1.82, 2.24) is 9.13 Å². The summed E-state index contributed by atoms with van der Waals surface area (Å²) in [6.07, 6.45) is 0. The van der Waals surface area contributed by atoms with Crippen molar-refractivity contribution in [3.63, 3.8) is 0 Å². The molecule has 0 unspecified atom stereocenters. The molecular formula is C52H32N2. The Morgan fingerprint density at radius 2 is 0.722 bits per heavy atom. The molecule has 11 aromatic rings. The summed E-state index contributed by atoms with van der Waals surface area (Å²) in [7, 11) is 0. The molecule has 1 aliphatic carbocycles. The number of aromatic nitrogens is 2. The van der Waals surface area contributed by atoms with E-state index in [-0.39, 0.29) is 0 Å². The lowest BCUT2D eigenvalue weighted by molar-refractivity contribution is 1.17. The quantitative estimate of drug-likeness (QED) is 0.175. The summed E-state index contributed by atoms with van der Waals surface area (Å²) < 4.78 is 4.83. The molecule has 0 bridgehead atoms. The van der Waals surface area contributed by atoms with Crippen molar-refractivity contribution in [3.8, 4) is 55.9 Å². The summed E-state index contributed by atoms with van der Waals surface area (Å²) >= 11 is 0. The lowest BCUT2D eigenvalue weighted by atomic mass is 9.93. The molecule has 0 amide bonds. The monoisotopic (exact) mass is 684 g/mol. The van der Waals surface area contributed by atoms with Crippen molar-refractivity contribution in [2.24, 2.45) is 0 Å². The predicted molar refractivity (Wildman–Crippen MR) is 228 cm³/mol. The standard InChI is InChI=1S/C52H32N2/c1-2-14-40-39(13-1)45-19-10-18-44-38(28-29-46(40)52(44)45)34-25-23-33(24-26-34)35-11-9-12-36(31-35)53-50-22-8-5-17-43(50)47-32-37(27-30-51(47)53)54-48-20-6-3-15-41(48)42-16-4-7-21-49(42)54/h1-32H. The molecule has 0 N–H and O–H groups in total. The van der Waals surface area contributed by atoms with Crippen LogP contribution in [0.4, 0.5) is 0 Å². The van der Waals surface area contributed by atoms with Crippen LogP contribution in [0.2, 0.25) is 0 Å². The Balaban J connectivity index is 0.956. The second kappa shape index (κ2) is 11.2. The topological polar surface area (TPSA) is 9.86 Å². The zero-order valence-corrected chi connectivity index (χ0v) is 29.4. The van der Waals surface area contributed by atoms with Gasteiger partial charge in [0, 0.05) is 32.9 Å². The molecule has 2 heterocycles. The van der Waals surface area contributed by atoms with Gasteiger partial charge in [0.15, 0.2) is 0 Å². The van der Waals surface area contributed by atoms with Gasteiger partial charge in [-0.3, -0.25) is 0 Å². The molecule has 0 saturated heterocycles. The molecule has 0 aliphatic heterocycles. The van der Waals surface area contributed by atoms with Crippen LogP contribution in [0.3, 0.4) is 0 Å². The zero-order valence-electron chi connectivity index (χ0n) is 29.4. The van der Waals surface area contributed by atoms with Gasteiger partial charge in [-0.15, -0.1) is 0 Å². The minimum Gasteiger partial charge on any atom is -0.309 e. The molecule has 0 fully saturated rings. The van der Waals surface area contributed by atoms with Crippen LogP contribution in [-0.4, -0.2) is 9.13 Å². The molecule has 2 nitrogen and oxygen atoms in total. The van der Waals surface area contributed by atoms with E-state index in [1.165, 1.54) is 105 Å². The third-order valence-corrected chi connectivity index (χ3v) is 11.7. The molecule has 2 heteroatoms. The third kappa shape index (κ3) is 4.11. The van der Waals surface area contributed by atoms with Gasteiger partial charge in [-0.05, 0) is 104 Å². The predicted octanol–water partition coefficient (Wildman–Crippen LogP) is 14.0. The van der Waals surface area contributed by atoms with Crippen LogP contribution in [0.25, 0.3) is 110 Å². The van der Waals surface area contributed by atoms with E-state index in [1.807, 2.05) is 0 Å². The first kappa shape index (κ1) is 29.4. The Morgan fingerprint density at radius 3 is 1.41 bits per heavy atom. The number of hydrogen-bond acceptors (Lipinski definition) is 0. The van der Waals surface area contributed by atoms with Gasteiger partial charge in [0.2, 0.25) is 0 Å². The fourth-order valence-corrected chi connectivity index (χ4v) is 9.31. The van der Waals surface area contributed by atoms with Crippen molar-refractivity contribution in [2.45, 2.75) is 0 Å². The number of rotatable bonds is 4. The van der Waals surface area contributed by atoms with E-state index in [9.17, 15) is 0 Å². The Kier molecular flexibility index (Phi) is 6.09. The third-order valence-electron chi connectivity index (χ3n) is 11.7. The smallest absolute Gasteiger partial charge is 0.0542 e. The second-order valence-electron chi connectivity index (χ2n) is 14.5. The fourth-order valence-electron chi connectivity index (χ4n) is 9.31. The second-order valence-corrected chi connectivity index (χ2v) is 14.5. The first-order valence-corrected chi connectivity index (χ1v) is 18.7. The SMILES string of the molecule is c1cc(-c2ccc(-c3ccc4c5c(cccc35)-c3ccccc3-4)cc2)cc(-n2c3ccccc3c3cc(-n4c5ccccc5c5ccccc54)ccc32)c1. The van der Waals surface area contributed by atoms with Crippen LogP contribution in [-0.2, 0) is 0 Å². The summed E-state index contributed by atoms with van der Waals surface area (Å²) in [4.78, 5) is 0. The molecule has 2 aromatic heterocycles. The zero-order chi connectivity index (χ0) is 35.3. The van der Waals surface area contributed by atoms with E-state index in [2.05, 4.69) is 203 Å². The highest BCUT2D eigenvalue weighted by atomic mass is 15.0. The number of para-hydroxylation sites is 3. The highest BCUT2D eigenvalue weighted by Gasteiger charge is 2.22. The van der Waals surface area contributed by atoms with E-state index in [4.69, 9.17) is 0 Å². The number of fused-ring (bicyclic) bond motifs is 9. The molecule has 9 aromatic carbocycles. The van der Waals surface area contributed by atoms with Crippen LogP contribution < -0.4 is 0 Å². The van der Waals surface area contributed by atoms with E-state index in [1.54, 1.807) is 0 Å². The van der Waals surface area contributed by atoms with Crippen LogP contribution in [0, 0.1) is 0 Å². The van der Waals surface area contributed by atoms with Crippen LogP contribution in [0.1, 0.15) is 0 Å². The van der Waals surface area contributed by atoms with Crippen molar-refractivity contribution in [2.75, 3.05) is 0 Å². The minimum atomic E-state index is 1.15. The van der Waals surface area contributed by atoms with E-state index < -0.39 is 0 Å². The van der Waals surface area contributed by atoms with Crippen LogP contribution in [0.5, 0.6) is 0 Å². The van der Waals surface area contributed by atoms with E-state index >= 15 is 0 Å². The Morgan fingerprint density at radius 1 is 0.241 bits per heavy atom. The molecule has 250 valence electrons. The van der Waals surface area contributed by atoms with Gasteiger partial charge in [-0.1, -0.05) is 146 Å². The summed E-state index contributed by atoms with van der Waals surface area (Å²) in [5, 5.41) is 7.71. The maximum atomic E-state index is 2.42.